The number of benzene rings is 1. The number of hydrogen-bond acceptors (Lipinski definition) is 2. The summed E-state index contributed by atoms with van der Waals surface area (Å²) >= 11 is 0. The molecule has 2 bridgehead atoms. The summed E-state index contributed by atoms with van der Waals surface area (Å²) in [5, 5.41) is 3.72. The van der Waals surface area contributed by atoms with Crippen molar-refractivity contribution in [3.05, 3.63) is 30.3 Å². The molecule has 0 aliphatic heterocycles. The lowest BCUT2D eigenvalue weighted by Gasteiger charge is -2.28. The first-order valence-electron chi connectivity index (χ1n) is 8.24. The van der Waals surface area contributed by atoms with Crippen LogP contribution >= 0.6 is 0 Å². The highest BCUT2D eigenvalue weighted by atomic mass is 16.5. The highest BCUT2D eigenvalue weighted by molar-refractivity contribution is 5.20. The minimum atomic E-state index is 0.682. The Morgan fingerprint density at radius 1 is 1.20 bits per heavy atom. The third kappa shape index (κ3) is 3.35. The van der Waals surface area contributed by atoms with Crippen molar-refractivity contribution in [2.75, 3.05) is 13.2 Å². The molecule has 4 atom stereocenters. The topological polar surface area (TPSA) is 21.3 Å². The monoisotopic (exact) mass is 273 g/mol. The number of fused-ring (bicyclic) bond motifs is 2. The van der Waals surface area contributed by atoms with Gasteiger partial charge in [0.25, 0.3) is 0 Å². The molecule has 0 aromatic heterocycles. The Labute approximate surface area is 122 Å². The normalized spacial score (nSPS) is 29.6. The maximum absolute atomic E-state index is 5.72. The van der Waals surface area contributed by atoms with E-state index in [1.807, 2.05) is 30.3 Å². The highest BCUT2D eigenvalue weighted by Gasteiger charge is 2.41. The predicted molar refractivity (Wildman–Crippen MR) is 83.0 cm³/mol. The summed E-state index contributed by atoms with van der Waals surface area (Å²) in [4.78, 5) is 0. The van der Waals surface area contributed by atoms with Gasteiger partial charge < -0.3 is 10.1 Å². The SMILES string of the molecule is CC(NCCCOc1ccccc1)C1CC2CCC1C2. The zero-order valence-electron chi connectivity index (χ0n) is 12.6. The van der Waals surface area contributed by atoms with Gasteiger partial charge in [-0.05, 0) is 69.0 Å². The summed E-state index contributed by atoms with van der Waals surface area (Å²) in [6.07, 6.45) is 7.05. The van der Waals surface area contributed by atoms with Crippen LogP contribution < -0.4 is 10.1 Å². The first-order chi connectivity index (χ1) is 9.83. The first-order valence-corrected chi connectivity index (χ1v) is 8.24. The molecular formula is C18H27NO. The maximum atomic E-state index is 5.72. The average Bonchev–Trinajstić information content (AvgIpc) is 3.10. The molecule has 4 unspecified atom stereocenters. The molecule has 2 aliphatic carbocycles. The number of rotatable bonds is 7. The fourth-order valence-electron chi connectivity index (χ4n) is 4.17. The zero-order valence-corrected chi connectivity index (χ0v) is 12.6. The van der Waals surface area contributed by atoms with Crippen LogP contribution in [-0.4, -0.2) is 19.2 Å². The van der Waals surface area contributed by atoms with Crippen LogP contribution in [0.5, 0.6) is 5.75 Å². The third-order valence-corrected chi connectivity index (χ3v) is 5.23. The standard InChI is InChI=1S/C18H27NO/c1-14(18-13-15-8-9-16(18)12-15)19-10-5-11-20-17-6-3-2-4-7-17/h2-4,6-7,14-16,18-19H,5,8-13H2,1H3. The van der Waals surface area contributed by atoms with Gasteiger partial charge in [-0.15, -0.1) is 0 Å². The van der Waals surface area contributed by atoms with Gasteiger partial charge in [0, 0.05) is 6.04 Å². The van der Waals surface area contributed by atoms with Crippen LogP contribution in [-0.2, 0) is 0 Å². The van der Waals surface area contributed by atoms with Crippen molar-refractivity contribution < 1.29 is 4.74 Å². The fraction of sp³-hybridized carbons (Fsp3) is 0.667. The minimum absolute atomic E-state index is 0.682. The molecule has 2 aliphatic rings. The Kier molecular flexibility index (Phi) is 4.62. The molecule has 0 radical (unpaired) electrons. The molecule has 0 saturated heterocycles. The number of hydrogen-bond donors (Lipinski definition) is 1. The maximum Gasteiger partial charge on any atom is 0.119 e. The van der Waals surface area contributed by atoms with E-state index in [1.165, 1.54) is 25.7 Å². The van der Waals surface area contributed by atoms with E-state index in [0.29, 0.717) is 6.04 Å². The Morgan fingerprint density at radius 3 is 2.75 bits per heavy atom. The molecule has 3 rings (SSSR count). The van der Waals surface area contributed by atoms with Gasteiger partial charge >= 0.3 is 0 Å². The van der Waals surface area contributed by atoms with Gasteiger partial charge in [-0.2, -0.15) is 0 Å². The van der Waals surface area contributed by atoms with Gasteiger partial charge in [-0.3, -0.25) is 0 Å². The highest BCUT2D eigenvalue weighted by Crippen LogP contribution is 2.49. The van der Waals surface area contributed by atoms with Crippen molar-refractivity contribution in [2.24, 2.45) is 17.8 Å². The summed E-state index contributed by atoms with van der Waals surface area (Å²) in [6, 6.07) is 10.8. The molecule has 2 heteroatoms. The summed E-state index contributed by atoms with van der Waals surface area (Å²) in [5.41, 5.74) is 0. The molecule has 1 N–H and O–H groups in total. The molecule has 2 saturated carbocycles. The van der Waals surface area contributed by atoms with Crippen molar-refractivity contribution >= 4 is 0 Å². The first kappa shape index (κ1) is 13.9. The number of para-hydroxylation sites is 1. The Hall–Kier alpha value is -1.02. The molecule has 2 fully saturated rings. The van der Waals surface area contributed by atoms with E-state index in [0.717, 1.165) is 43.1 Å². The van der Waals surface area contributed by atoms with Gasteiger partial charge in [-0.1, -0.05) is 24.6 Å². The van der Waals surface area contributed by atoms with E-state index >= 15 is 0 Å². The van der Waals surface area contributed by atoms with E-state index in [2.05, 4.69) is 12.2 Å². The molecule has 0 spiro atoms. The van der Waals surface area contributed by atoms with E-state index in [9.17, 15) is 0 Å². The Bertz CT molecular complexity index is 405. The lowest BCUT2D eigenvalue weighted by atomic mass is 9.84. The molecule has 1 aromatic carbocycles. The second-order valence-corrected chi connectivity index (χ2v) is 6.60. The van der Waals surface area contributed by atoms with Crippen molar-refractivity contribution in [1.82, 2.24) is 5.32 Å². The quantitative estimate of drug-likeness (QED) is 0.761. The lowest BCUT2D eigenvalue weighted by molar-refractivity contribution is 0.251. The molecule has 20 heavy (non-hydrogen) atoms. The van der Waals surface area contributed by atoms with E-state index in [1.54, 1.807) is 0 Å². The number of nitrogens with one attached hydrogen (secondary N) is 1. The van der Waals surface area contributed by atoms with Crippen LogP contribution in [0, 0.1) is 17.8 Å². The van der Waals surface area contributed by atoms with Gasteiger partial charge in [0.2, 0.25) is 0 Å². The van der Waals surface area contributed by atoms with E-state index < -0.39 is 0 Å². The van der Waals surface area contributed by atoms with Crippen LogP contribution in [0.15, 0.2) is 30.3 Å². The largest absolute Gasteiger partial charge is 0.494 e. The average molecular weight is 273 g/mol. The molecular weight excluding hydrogens is 246 g/mol. The zero-order chi connectivity index (χ0) is 13.8. The second kappa shape index (κ2) is 6.62. The van der Waals surface area contributed by atoms with Crippen LogP contribution in [0.25, 0.3) is 0 Å². The summed E-state index contributed by atoms with van der Waals surface area (Å²) in [7, 11) is 0. The van der Waals surface area contributed by atoms with E-state index in [-0.39, 0.29) is 0 Å². The van der Waals surface area contributed by atoms with Crippen molar-refractivity contribution in [1.29, 1.82) is 0 Å². The summed E-state index contributed by atoms with van der Waals surface area (Å²) < 4.78 is 5.72. The van der Waals surface area contributed by atoms with Gasteiger partial charge in [-0.25, -0.2) is 0 Å². The van der Waals surface area contributed by atoms with Gasteiger partial charge in [0.1, 0.15) is 5.75 Å². The van der Waals surface area contributed by atoms with Crippen LogP contribution in [0.3, 0.4) is 0 Å². The minimum Gasteiger partial charge on any atom is -0.494 e. The summed E-state index contributed by atoms with van der Waals surface area (Å²) in [6.45, 7) is 4.26. The Balaban J connectivity index is 1.30. The second-order valence-electron chi connectivity index (χ2n) is 6.60. The van der Waals surface area contributed by atoms with Crippen molar-refractivity contribution in [2.45, 2.75) is 45.1 Å². The van der Waals surface area contributed by atoms with Crippen molar-refractivity contribution in [3.63, 3.8) is 0 Å². The molecule has 0 heterocycles. The third-order valence-electron chi connectivity index (χ3n) is 5.23. The molecule has 0 amide bonds. The predicted octanol–water partition coefficient (Wildman–Crippen LogP) is 3.87. The molecule has 1 aromatic rings. The number of ether oxygens (including phenoxy) is 1. The molecule has 110 valence electrons. The van der Waals surface area contributed by atoms with Crippen LogP contribution in [0.2, 0.25) is 0 Å². The molecule has 2 nitrogen and oxygen atoms in total. The smallest absolute Gasteiger partial charge is 0.119 e. The van der Waals surface area contributed by atoms with Crippen LogP contribution in [0.4, 0.5) is 0 Å². The van der Waals surface area contributed by atoms with Crippen LogP contribution in [0.1, 0.15) is 39.0 Å². The fourth-order valence-corrected chi connectivity index (χ4v) is 4.17. The van der Waals surface area contributed by atoms with E-state index in [4.69, 9.17) is 4.74 Å². The van der Waals surface area contributed by atoms with Gasteiger partial charge in [0.05, 0.1) is 6.61 Å². The lowest BCUT2D eigenvalue weighted by Crippen LogP contribution is -2.37. The Morgan fingerprint density at radius 2 is 2.05 bits per heavy atom. The van der Waals surface area contributed by atoms with Gasteiger partial charge in [0.15, 0.2) is 0 Å². The van der Waals surface area contributed by atoms with Crippen molar-refractivity contribution in [3.8, 4) is 5.75 Å². The summed E-state index contributed by atoms with van der Waals surface area (Å²) in [5.74, 6) is 3.98.